The van der Waals surface area contributed by atoms with Crippen LogP contribution < -0.4 is 10.6 Å². The van der Waals surface area contributed by atoms with Crippen LogP contribution in [0.2, 0.25) is 10.0 Å². The van der Waals surface area contributed by atoms with Crippen LogP contribution in [0, 0.1) is 11.7 Å². The number of aromatic amines is 1. The van der Waals surface area contributed by atoms with E-state index in [9.17, 15) is 19.1 Å². The third-order valence-electron chi connectivity index (χ3n) is 7.26. The number of carbonyl (C=O) groups excluding carboxylic acids is 1. The number of H-pyrrole nitrogens is 1. The summed E-state index contributed by atoms with van der Waals surface area (Å²) in [6.07, 6.45) is 2.19. The Balaban J connectivity index is 1.54. The summed E-state index contributed by atoms with van der Waals surface area (Å²) in [5.41, 5.74) is 1.95. The normalized spacial score (nSPS) is 19.0. The minimum atomic E-state index is -1.45. The predicted molar refractivity (Wildman–Crippen MR) is 140 cm³/mol. The molecular weight excluding hydrogens is 504 g/mol. The Bertz CT molecular complexity index is 1280. The quantitative estimate of drug-likeness (QED) is 0.300. The summed E-state index contributed by atoms with van der Waals surface area (Å²) in [7, 11) is 0. The number of aryl methyl sites for hydroxylation is 1. The summed E-state index contributed by atoms with van der Waals surface area (Å²) in [4.78, 5) is 29.4. The van der Waals surface area contributed by atoms with Gasteiger partial charge in [0.15, 0.2) is 0 Å². The molecule has 6 nitrogen and oxygen atoms in total. The highest BCUT2D eigenvalue weighted by atomic mass is 35.5. The minimum Gasteiger partial charge on any atom is -0.479 e. The van der Waals surface area contributed by atoms with Crippen LogP contribution in [0.25, 0.3) is 10.9 Å². The first-order valence-corrected chi connectivity index (χ1v) is 12.9. The van der Waals surface area contributed by atoms with Crippen LogP contribution in [0.5, 0.6) is 0 Å². The molecule has 0 aliphatic heterocycles. The maximum Gasteiger partial charge on any atom is 0.329 e. The van der Waals surface area contributed by atoms with Gasteiger partial charge in [-0.2, -0.15) is 0 Å². The van der Waals surface area contributed by atoms with E-state index in [2.05, 4.69) is 15.6 Å². The van der Waals surface area contributed by atoms with Crippen molar-refractivity contribution in [1.82, 2.24) is 15.6 Å². The van der Waals surface area contributed by atoms with E-state index < -0.39 is 17.6 Å². The zero-order valence-electron chi connectivity index (χ0n) is 20.3. The van der Waals surface area contributed by atoms with Gasteiger partial charge in [-0.3, -0.25) is 4.79 Å². The summed E-state index contributed by atoms with van der Waals surface area (Å²) in [5, 5.41) is 18.2. The molecule has 1 aliphatic carbocycles. The standard InChI is InChI=1S/C27H30Cl2FN3O3/c1-3-15(2)23(31-11-9-16-4-6-18(30)7-5-16)25(34)33-27(26(35)36)10-8-22-20(14-27)19-12-17(28)13-21(29)24(19)32-22/h4-7,12-13,15,23,31-32H,3,8-11,14H2,1-2H3,(H,33,34)(H,35,36)/t15?,23?,27-/m1/s1. The van der Waals surface area contributed by atoms with Crippen LogP contribution in [0.3, 0.4) is 0 Å². The molecule has 1 aromatic heterocycles. The van der Waals surface area contributed by atoms with Crippen molar-refractivity contribution >= 4 is 46.0 Å². The molecule has 1 aliphatic rings. The number of carboxylic acids is 1. The van der Waals surface area contributed by atoms with Gasteiger partial charge in [0.25, 0.3) is 0 Å². The molecule has 0 saturated carbocycles. The average molecular weight is 534 g/mol. The zero-order chi connectivity index (χ0) is 26.0. The van der Waals surface area contributed by atoms with E-state index in [1.54, 1.807) is 24.3 Å². The second kappa shape index (κ2) is 10.8. The summed E-state index contributed by atoms with van der Waals surface area (Å²) in [6.45, 7) is 4.45. The molecule has 36 heavy (non-hydrogen) atoms. The van der Waals surface area contributed by atoms with Crippen molar-refractivity contribution in [3.8, 4) is 0 Å². The Morgan fingerprint density at radius 1 is 1.22 bits per heavy atom. The van der Waals surface area contributed by atoms with Gasteiger partial charge in [-0.25, -0.2) is 9.18 Å². The molecule has 9 heteroatoms. The number of hydrogen-bond donors (Lipinski definition) is 4. The number of halogens is 3. The van der Waals surface area contributed by atoms with E-state index in [1.807, 2.05) is 13.8 Å². The topological polar surface area (TPSA) is 94.2 Å². The Kier molecular flexibility index (Phi) is 7.93. The monoisotopic (exact) mass is 533 g/mol. The average Bonchev–Trinajstić information content (AvgIpc) is 3.20. The first kappa shape index (κ1) is 26.5. The van der Waals surface area contributed by atoms with Crippen molar-refractivity contribution in [1.29, 1.82) is 0 Å². The summed E-state index contributed by atoms with van der Waals surface area (Å²) in [5.74, 6) is -1.73. The number of carbonyl (C=O) groups is 2. The molecule has 1 heterocycles. The number of aromatic nitrogens is 1. The predicted octanol–water partition coefficient (Wildman–Crippen LogP) is 5.29. The van der Waals surface area contributed by atoms with E-state index in [1.165, 1.54) is 12.1 Å². The number of fused-ring (bicyclic) bond motifs is 3. The Morgan fingerprint density at radius 3 is 2.61 bits per heavy atom. The summed E-state index contributed by atoms with van der Waals surface area (Å²) < 4.78 is 13.2. The van der Waals surface area contributed by atoms with Gasteiger partial charge in [0, 0.05) is 22.5 Å². The number of rotatable bonds is 9. The van der Waals surface area contributed by atoms with Crippen molar-refractivity contribution in [2.75, 3.05) is 6.54 Å². The molecule has 0 radical (unpaired) electrons. The molecule has 2 unspecified atom stereocenters. The molecule has 2 aromatic carbocycles. The molecule has 0 bridgehead atoms. The molecular formula is C27H30Cl2FN3O3. The van der Waals surface area contributed by atoms with Gasteiger partial charge in [-0.15, -0.1) is 0 Å². The smallest absolute Gasteiger partial charge is 0.329 e. The van der Waals surface area contributed by atoms with Crippen molar-refractivity contribution < 1.29 is 19.1 Å². The van der Waals surface area contributed by atoms with Crippen LogP contribution in [0.1, 0.15) is 43.5 Å². The number of aliphatic carboxylic acids is 1. The Morgan fingerprint density at radius 2 is 1.94 bits per heavy atom. The van der Waals surface area contributed by atoms with Crippen LogP contribution >= 0.6 is 23.2 Å². The van der Waals surface area contributed by atoms with Gasteiger partial charge in [-0.05, 0) is 67.1 Å². The lowest BCUT2D eigenvalue weighted by Crippen LogP contribution is -2.62. The molecule has 0 saturated heterocycles. The zero-order valence-corrected chi connectivity index (χ0v) is 21.8. The third kappa shape index (κ3) is 5.38. The van der Waals surface area contributed by atoms with Crippen LogP contribution in [-0.4, -0.2) is 40.1 Å². The summed E-state index contributed by atoms with van der Waals surface area (Å²) >= 11 is 12.6. The highest BCUT2D eigenvalue weighted by Crippen LogP contribution is 2.38. The molecule has 0 spiro atoms. The van der Waals surface area contributed by atoms with E-state index >= 15 is 0 Å². The number of nitrogens with one attached hydrogen (secondary N) is 3. The molecule has 3 atom stereocenters. The number of hydrogen-bond acceptors (Lipinski definition) is 3. The maximum atomic E-state index is 13.5. The van der Waals surface area contributed by atoms with Gasteiger partial charge in [0.2, 0.25) is 5.91 Å². The second-order valence-corrected chi connectivity index (χ2v) is 10.5. The van der Waals surface area contributed by atoms with Crippen molar-refractivity contribution in [3.63, 3.8) is 0 Å². The lowest BCUT2D eigenvalue weighted by Gasteiger charge is -2.36. The summed E-state index contributed by atoms with van der Waals surface area (Å²) in [6, 6.07) is 9.10. The van der Waals surface area contributed by atoms with Crippen molar-refractivity contribution in [2.45, 2.75) is 57.5 Å². The van der Waals surface area contributed by atoms with Crippen LogP contribution in [0.15, 0.2) is 36.4 Å². The van der Waals surface area contributed by atoms with Crippen molar-refractivity contribution in [2.24, 2.45) is 5.92 Å². The molecule has 0 fully saturated rings. The van der Waals surface area contributed by atoms with Crippen LogP contribution in [-0.2, 0) is 28.9 Å². The minimum absolute atomic E-state index is 0.0195. The fourth-order valence-electron chi connectivity index (χ4n) is 4.94. The first-order valence-electron chi connectivity index (χ1n) is 12.1. The number of carboxylic acid groups (broad SMARTS) is 1. The fraction of sp³-hybridized carbons (Fsp3) is 0.407. The van der Waals surface area contributed by atoms with Gasteiger partial charge in [0.05, 0.1) is 16.6 Å². The van der Waals surface area contributed by atoms with E-state index in [0.29, 0.717) is 29.4 Å². The first-order chi connectivity index (χ1) is 17.1. The lowest BCUT2D eigenvalue weighted by atomic mass is 9.79. The molecule has 192 valence electrons. The number of benzene rings is 2. The highest BCUT2D eigenvalue weighted by molar-refractivity contribution is 6.38. The highest BCUT2D eigenvalue weighted by Gasteiger charge is 2.45. The maximum absolute atomic E-state index is 13.5. The molecule has 4 rings (SSSR count). The number of amides is 1. The second-order valence-electron chi connectivity index (χ2n) is 9.64. The van der Waals surface area contributed by atoms with Gasteiger partial charge < -0.3 is 20.7 Å². The lowest BCUT2D eigenvalue weighted by molar-refractivity contribution is -0.148. The SMILES string of the molecule is CCC(C)C(NCCc1ccc(F)cc1)C(=O)N[C@]1(C(=O)O)CCc2[nH]c3c(Cl)cc(Cl)cc3c2C1. The van der Waals surface area contributed by atoms with Gasteiger partial charge in [-0.1, -0.05) is 55.6 Å². The third-order valence-corrected chi connectivity index (χ3v) is 7.78. The Labute approximate surface area is 219 Å². The van der Waals surface area contributed by atoms with E-state index in [0.717, 1.165) is 34.1 Å². The van der Waals surface area contributed by atoms with Gasteiger partial charge >= 0.3 is 5.97 Å². The molecule has 4 N–H and O–H groups in total. The largest absolute Gasteiger partial charge is 0.479 e. The van der Waals surface area contributed by atoms with E-state index in [4.69, 9.17) is 23.2 Å². The molecule has 1 amide bonds. The Hall–Kier alpha value is -2.61. The fourth-order valence-corrected chi connectivity index (χ4v) is 5.48. The molecule has 3 aromatic rings. The van der Waals surface area contributed by atoms with Crippen LogP contribution in [0.4, 0.5) is 4.39 Å². The van der Waals surface area contributed by atoms with Crippen molar-refractivity contribution in [3.05, 3.63) is 69.1 Å². The van der Waals surface area contributed by atoms with Gasteiger partial charge in [0.1, 0.15) is 11.4 Å². The van der Waals surface area contributed by atoms with E-state index in [-0.39, 0.29) is 30.5 Å².